The molecule has 0 spiro atoms. The topological polar surface area (TPSA) is 79.0 Å². The SMILES string of the molecule is Cc1cc(C)n2c(nc3ccccc32)c1C(=O)N/N=C/c1cc(Br)ccc1O. The second-order valence-electron chi connectivity index (χ2n) is 6.51. The summed E-state index contributed by atoms with van der Waals surface area (Å²) in [4.78, 5) is 17.5. The van der Waals surface area contributed by atoms with Crippen molar-refractivity contribution < 1.29 is 9.90 Å². The van der Waals surface area contributed by atoms with Crippen molar-refractivity contribution in [2.45, 2.75) is 13.8 Å². The second kappa shape index (κ2) is 7.09. The van der Waals surface area contributed by atoms with Crippen LogP contribution >= 0.6 is 15.9 Å². The maximum atomic E-state index is 12.9. The first-order valence-electron chi connectivity index (χ1n) is 8.65. The van der Waals surface area contributed by atoms with Crippen molar-refractivity contribution in [1.29, 1.82) is 0 Å². The Morgan fingerprint density at radius 3 is 2.82 bits per heavy atom. The zero-order valence-electron chi connectivity index (χ0n) is 15.3. The number of phenols is 1. The molecule has 2 heterocycles. The van der Waals surface area contributed by atoms with Gasteiger partial charge in [0.15, 0.2) is 5.65 Å². The summed E-state index contributed by atoms with van der Waals surface area (Å²) in [5.74, 6) is -0.279. The molecule has 0 aliphatic carbocycles. The van der Waals surface area contributed by atoms with Gasteiger partial charge in [-0.3, -0.25) is 9.20 Å². The molecule has 0 saturated heterocycles. The van der Waals surface area contributed by atoms with Gasteiger partial charge in [-0.05, 0) is 55.8 Å². The van der Waals surface area contributed by atoms with Crippen molar-refractivity contribution in [1.82, 2.24) is 14.8 Å². The standard InChI is InChI=1S/C21H17BrN4O2/c1-12-9-13(2)26-17-6-4-3-5-16(17)24-20(26)19(12)21(28)25-23-11-14-10-15(22)7-8-18(14)27/h3-11,27H,1-2H3,(H,25,28)/b23-11+. The van der Waals surface area contributed by atoms with Crippen molar-refractivity contribution in [3.05, 3.63) is 75.4 Å². The predicted octanol–water partition coefficient (Wildman–Crippen LogP) is 4.34. The lowest BCUT2D eigenvalue weighted by Crippen LogP contribution is -2.20. The summed E-state index contributed by atoms with van der Waals surface area (Å²) in [5.41, 5.74) is 7.69. The number of aryl methyl sites for hydroxylation is 2. The minimum absolute atomic E-state index is 0.0783. The van der Waals surface area contributed by atoms with Crippen LogP contribution in [0.1, 0.15) is 27.2 Å². The van der Waals surface area contributed by atoms with Gasteiger partial charge < -0.3 is 5.11 Å². The lowest BCUT2D eigenvalue weighted by molar-refractivity contribution is 0.0955. The number of hydrogen-bond donors (Lipinski definition) is 2. The van der Waals surface area contributed by atoms with Gasteiger partial charge in [-0.15, -0.1) is 0 Å². The number of aromatic nitrogens is 2. The van der Waals surface area contributed by atoms with Gasteiger partial charge in [0.25, 0.3) is 5.91 Å². The average Bonchev–Trinajstić information content (AvgIpc) is 3.04. The molecule has 140 valence electrons. The number of carbonyl (C=O) groups excluding carboxylic acids is 1. The van der Waals surface area contributed by atoms with Gasteiger partial charge in [0.2, 0.25) is 0 Å². The van der Waals surface area contributed by atoms with Gasteiger partial charge in [0, 0.05) is 15.7 Å². The van der Waals surface area contributed by atoms with Crippen molar-refractivity contribution in [2.24, 2.45) is 5.10 Å². The highest BCUT2D eigenvalue weighted by Gasteiger charge is 2.18. The van der Waals surface area contributed by atoms with Gasteiger partial charge >= 0.3 is 0 Å². The van der Waals surface area contributed by atoms with Crippen LogP contribution in [0.4, 0.5) is 0 Å². The van der Waals surface area contributed by atoms with Crippen LogP contribution in [0.3, 0.4) is 0 Å². The van der Waals surface area contributed by atoms with Crippen molar-refractivity contribution in [3.8, 4) is 5.75 Å². The normalized spacial score (nSPS) is 11.5. The third-order valence-electron chi connectivity index (χ3n) is 4.54. The molecule has 0 aliphatic heterocycles. The number of halogens is 1. The molecule has 2 aromatic carbocycles. The van der Waals surface area contributed by atoms with Gasteiger partial charge in [-0.2, -0.15) is 5.10 Å². The van der Waals surface area contributed by atoms with Crippen LogP contribution in [0.2, 0.25) is 0 Å². The smallest absolute Gasteiger partial charge is 0.275 e. The van der Waals surface area contributed by atoms with E-state index >= 15 is 0 Å². The van der Waals surface area contributed by atoms with Crippen LogP contribution in [-0.2, 0) is 0 Å². The molecular weight excluding hydrogens is 420 g/mol. The van der Waals surface area contributed by atoms with E-state index in [1.165, 1.54) is 6.21 Å². The monoisotopic (exact) mass is 436 g/mol. The fourth-order valence-corrected chi connectivity index (χ4v) is 3.68. The fraction of sp³-hybridized carbons (Fsp3) is 0.0952. The van der Waals surface area contributed by atoms with Crippen molar-refractivity contribution in [3.63, 3.8) is 0 Å². The van der Waals surface area contributed by atoms with E-state index in [0.717, 1.165) is 26.8 Å². The van der Waals surface area contributed by atoms with E-state index in [2.05, 4.69) is 31.4 Å². The largest absolute Gasteiger partial charge is 0.507 e. The van der Waals surface area contributed by atoms with Crippen LogP contribution in [-0.4, -0.2) is 26.6 Å². The Balaban J connectivity index is 1.73. The zero-order valence-corrected chi connectivity index (χ0v) is 16.9. The summed E-state index contributed by atoms with van der Waals surface area (Å²) < 4.78 is 2.78. The first-order chi connectivity index (χ1) is 13.5. The van der Waals surface area contributed by atoms with Gasteiger partial charge in [-0.25, -0.2) is 10.4 Å². The molecule has 0 radical (unpaired) electrons. The van der Waals surface area contributed by atoms with Gasteiger partial charge in [0.1, 0.15) is 5.75 Å². The highest BCUT2D eigenvalue weighted by molar-refractivity contribution is 9.10. The Hall–Kier alpha value is -3.19. The molecule has 0 aliphatic rings. The predicted molar refractivity (Wildman–Crippen MR) is 113 cm³/mol. The van der Waals surface area contributed by atoms with E-state index in [4.69, 9.17) is 0 Å². The Morgan fingerprint density at radius 1 is 1.21 bits per heavy atom. The number of phenolic OH excluding ortho intramolecular Hbond substituents is 1. The molecule has 4 aromatic rings. The maximum absolute atomic E-state index is 12.9. The Labute approximate surface area is 169 Å². The van der Waals surface area contributed by atoms with Gasteiger partial charge in [-0.1, -0.05) is 28.1 Å². The summed E-state index contributed by atoms with van der Waals surface area (Å²) in [6.45, 7) is 3.87. The number of aromatic hydroxyl groups is 1. The molecule has 7 heteroatoms. The third kappa shape index (κ3) is 3.14. The van der Waals surface area contributed by atoms with E-state index < -0.39 is 0 Å². The number of hydrogen-bond acceptors (Lipinski definition) is 4. The lowest BCUT2D eigenvalue weighted by Gasteiger charge is -2.09. The number of imidazole rings is 1. The summed E-state index contributed by atoms with van der Waals surface area (Å²) in [6.07, 6.45) is 1.40. The van der Waals surface area contributed by atoms with Crippen molar-refractivity contribution >= 4 is 44.7 Å². The molecule has 1 amide bonds. The molecule has 4 rings (SSSR count). The summed E-state index contributed by atoms with van der Waals surface area (Å²) in [6, 6.07) is 14.7. The molecule has 0 saturated carbocycles. The van der Waals surface area contributed by atoms with Crippen molar-refractivity contribution in [2.75, 3.05) is 0 Å². The number of benzene rings is 2. The van der Waals surface area contributed by atoms with E-state index in [1.54, 1.807) is 18.2 Å². The number of rotatable bonds is 3. The number of hydrazone groups is 1. The molecule has 28 heavy (non-hydrogen) atoms. The Morgan fingerprint density at radius 2 is 2.00 bits per heavy atom. The molecule has 6 nitrogen and oxygen atoms in total. The van der Waals surface area contributed by atoms with Crippen LogP contribution in [0.15, 0.2) is 58.1 Å². The number of pyridine rings is 1. The molecule has 0 atom stereocenters. The number of amides is 1. The highest BCUT2D eigenvalue weighted by atomic mass is 79.9. The van der Waals surface area contributed by atoms with Crippen LogP contribution in [0.25, 0.3) is 16.7 Å². The maximum Gasteiger partial charge on any atom is 0.275 e. The molecule has 2 aromatic heterocycles. The fourth-order valence-electron chi connectivity index (χ4n) is 3.30. The van der Waals surface area contributed by atoms with Crippen LogP contribution in [0.5, 0.6) is 5.75 Å². The molecule has 0 bridgehead atoms. The summed E-state index contributed by atoms with van der Waals surface area (Å²) in [5, 5.41) is 13.9. The molecular formula is C21H17BrN4O2. The second-order valence-corrected chi connectivity index (χ2v) is 7.42. The minimum atomic E-state index is -0.358. The number of carbonyl (C=O) groups is 1. The summed E-state index contributed by atoms with van der Waals surface area (Å²) >= 11 is 3.34. The number of para-hydroxylation sites is 2. The van der Waals surface area contributed by atoms with E-state index in [-0.39, 0.29) is 11.7 Å². The summed E-state index contributed by atoms with van der Waals surface area (Å²) in [7, 11) is 0. The quantitative estimate of drug-likeness (QED) is 0.370. The first-order valence-corrected chi connectivity index (χ1v) is 9.44. The number of fused-ring (bicyclic) bond motifs is 3. The zero-order chi connectivity index (χ0) is 19.8. The molecule has 0 fully saturated rings. The van der Waals surface area contributed by atoms with E-state index in [1.807, 2.05) is 48.6 Å². The molecule has 2 N–H and O–H groups in total. The van der Waals surface area contributed by atoms with Crippen LogP contribution in [0, 0.1) is 13.8 Å². The van der Waals surface area contributed by atoms with E-state index in [9.17, 15) is 9.90 Å². The van der Waals surface area contributed by atoms with E-state index in [0.29, 0.717) is 16.8 Å². The first kappa shape index (κ1) is 18.2. The molecule has 0 unspecified atom stereocenters. The number of nitrogens with zero attached hydrogens (tertiary/aromatic N) is 3. The minimum Gasteiger partial charge on any atom is -0.507 e. The van der Waals surface area contributed by atoms with Crippen LogP contribution < -0.4 is 5.43 Å². The third-order valence-corrected chi connectivity index (χ3v) is 5.04. The lowest BCUT2D eigenvalue weighted by atomic mass is 10.1. The average molecular weight is 437 g/mol. The Kier molecular flexibility index (Phi) is 4.60. The number of nitrogens with one attached hydrogen (secondary N) is 1. The Bertz CT molecular complexity index is 1260. The van der Waals surface area contributed by atoms with Gasteiger partial charge in [0.05, 0.1) is 22.8 Å². The highest BCUT2D eigenvalue weighted by Crippen LogP contribution is 2.24.